The molecule has 2 fully saturated rings. The highest BCUT2D eigenvalue weighted by atomic mass is 32.2. The first-order valence-electron chi connectivity index (χ1n) is 10.7. The maximum atomic E-state index is 13.2. The SMILES string of the molecule is O=C(CN1CCN(S(=O)(=O)N2CCCCCC2)CC1)NCC(=O)Nc1ccc(F)c(F)c1. The van der Waals surface area contributed by atoms with Crippen LogP contribution in [0.3, 0.4) is 0 Å². The van der Waals surface area contributed by atoms with E-state index in [0.717, 1.165) is 37.8 Å². The van der Waals surface area contributed by atoms with Crippen LogP contribution >= 0.6 is 0 Å². The van der Waals surface area contributed by atoms with Crippen LogP contribution in [-0.2, 0) is 19.8 Å². The van der Waals surface area contributed by atoms with Crippen molar-refractivity contribution in [1.29, 1.82) is 0 Å². The van der Waals surface area contributed by atoms with Gasteiger partial charge in [-0.1, -0.05) is 12.8 Å². The minimum atomic E-state index is -3.48. The Morgan fingerprint density at radius 3 is 2.09 bits per heavy atom. The fraction of sp³-hybridized carbons (Fsp3) is 0.600. The first kappa shape index (κ1) is 24.5. The van der Waals surface area contributed by atoms with Crippen molar-refractivity contribution in [2.24, 2.45) is 0 Å². The number of amides is 2. The monoisotopic (exact) mass is 473 g/mol. The van der Waals surface area contributed by atoms with Crippen molar-refractivity contribution < 1.29 is 26.8 Å². The highest BCUT2D eigenvalue weighted by Gasteiger charge is 2.32. The number of hydrogen-bond acceptors (Lipinski definition) is 5. The van der Waals surface area contributed by atoms with Crippen LogP contribution < -0.4 is 10.6 Å². The van der Waals surface area contributed by atoms with E-state index in [-0.39, 0.29) is 24.7 Å². The molecule has 0 saturated carbocycles. The zero-order valence-electron chi connectivity index (χ0n) is 17.9. The third-order valence-corrected chi connectivity index (χ3v) is 7.60. The number of benzene rings is 1. The number of nitrogens with one attached hydrogen (secondary N) is 2. The van der Waals surface area contributed by atoms with Crippen LogP contribution in [0.25, 0.3) is 0 Å². The predicted octanol–water partition coefficient (Wildman–Crippen LogP) is 0.758. The van der Waals surface area contributed by atoms with Gasteiger partial charge in [0.25, 0.3) is 10.2 Å². The van der Waals surface area contributed by atoms with Crippen LogP contribution in [0.4, 0.5) is 14.5 Å². The Morgan fingerprint density at radius 2 is 1.47 bits per heavy atom. The van der Waals surface area contributed by atoms with E-state index in [0.29, 0.717) is 39.3 Å². The third-order valence-electron chi connectivity index (χ3n) is 5.57. The lowest BCUT2D eigenvalue weighted by Gasteiger charge is -2.36. The molecule has 0 radical (unpaired) electrons. The molecular weight excluding hydrogens is 444 g/mol. The first-order chi connectivity index (χ1) is 15.3. The summed E-state index contributed by atoms with van der Waals surface area (Å²) < 4.78 is 54.9. The van der Waals surface area contributed by atoms with E-state index < -0.39 is 27.8 Å². The zero-order chi connectivity index (χ0) is 23.1. The van der Waals surface area contributed by atoms with E-state index in [1.165, 1.54) is 10.4 Å². The number of hydrogen-bond donors (Lipinski definition) is 2. The minimum Gasteiger partial charge on any atom is -0.346 e. The second kappa shape index (κ2) is 11.1. The molecule has 178 valence electrons. The third kappa shape index (κ3) is 6.67. The summed E-state index contributed by atoms with van der Waals surface area (Å²) in [5, 5.41) is 4.85. The number of rotatable bonds is 7. The fourth-order valence-corrected chi connectivity index (χ4v) is 5.44. The lowest BCUT2D eigenvalue weighted by molar-refractivity contribution is -0.125. The molecule has 0 aliphatic carbocycles. The van der Waals surface area contributed by atoms with Crippen molar-refractivity contribution in [1.82, 2.24) is 18.8 Å². The van der Waals surface area contributed by atoms with Crippen LogP contribution in [0.1, 0.15) is 25.7 Å². The van der Waals surface area contributed by atoms with Crippen LogP contribution in [0.5, 0.6) is 0 Å². The summed E-state index contributed by atoms with van der Waals surface area (Å²) in [5.41, 5.74) is 0.0879. The van der Waals surface area contributed by atoms with Gasteiger partial charge in [0.1, 0.15) is 0 Å². The molecule has 0 bridgehead atoms. The van der Waals surface area contributed by atoms with Crippen molar-refractivity contribution in [3.63, 3.8) is 0 Å². The summed E-state index contributed by atoms with van der Waals surface area (Å²) in [4.78, 5) is 25.9. The maximum absolute atomic E-state index is 13.2. The number of anilines is 1. The molecule has 2 N–H and O–H groups in total. The van der Waals surface area contributed by atoms with Crippen molar-refractivity contribution in [3.05, 3.63) is 29.8 Å². The topological polar surface area (TPSA) is 102 Å². The van der Waals surface area contributed by atoms with Crippen molar-refractivity contribution in [3.8, 4) is 0 Å². The van der Waals surface area contributed by atoms with Gasteiger partial charge in [-0.15, -0.1) is 0 Å². The second-order valence-electron chi connectivity index (χ2n) is 7.95. The van der Waals surface area contributed by atoms with Crippen LogP contribution in [-0.4, -0.2) is 86.1 Å². The van der Waals surface area contributed by atoms with Gasteiger partial charge in [-0.05, 0) is 25.0 Å². The normalized spacial score (nSPS) is 19.3. The van der Waals surface area contributed by atoms with E-state index >= 15 is 0 Å². The summed E-state index contributed by atoms with van der Waals surface area (Å²) >= 11 is 0. The number of piperazine rings is 1. The Balaban J connectivity index is 1.39. The van der Waals surface area contributed by atoms with Gasteiger partial charge in [-0.25, -0.2) is 8.78 Å². The molecule has 0 atom stereocenters. The first-order valence-corrected chi connectivity index (χ1v) is 12.1. The molecule has 2 saturated heterocycles. The lowest BCUT2D eigenvalue weighted by Crippen LogP contribution is -2.54. The summed E-state index contributed by atoms with van der Waals surface area (Å²) in [5.74, 6) is -3.05. The average molecular weight is 474 g/mol. The Bertz CT molecular complexity index is 915. The molecular formula is C20H29F2N5O4S. The molecule has 2 aliphatic heterocycles. The highest BCUT2D eigenvalue weighted by Crippen LogP contribution is 2.18. The number of nitrogens with zero attached hydrogens (tertiary/aromatic N) is 3. The van der Waals surface area contributed by atoms with Gasteiger partial charge in [-0.3, -0.25) is 14.5 Å². The van der Waals surface area contributed by atoms with E-state index in [4.69, 9.17) is 0 Å². The fourth-order valence-electron chi connectivity index (χ4n) is 3.77. The van der Waals surface area contributed by atoms with Crippen LogP contribution in [0.15, 0.2) is 18.2 Å². The molecule has 12 heteroatoms. The molecule has 32 heavy (non-hydrogen) atoms. The molecule has 0 unspecified atom stereocenters. The summed E-state index contributed by atoms with van der Waals surface area (Å²) in [6.45, 7) is 2.28. The maximum Gasteiger partial charge on any atom is 0.282 e. The van der Waals surface area contributed by atoms with Gasteiger partial charge in [0.15, 0.2) is 11.6 Å². The Morgan fingerprint density at radius 1 is 0.844 bits per heavy atom. The largest absolute Gasteiger partial charge is 0.346 e. The number of halogens is 2. The zero-order valence-corrected chi connectivity index (χ0v) is 18.7. The van der Waals surface area contributed by atoms with Gasteiger partial charge in [0.05, 0.1) is 13.1 Å². The Kier molecular flexibility index (Phi) is 8.51. The molecule has 0 aromatic heterocycles. The van der Waals surface area contributed by atoms with Crippen LogP contribution in [0.2, 0.25) is 0 Å². The average Bonchev–Trinajstić information content (AvgIpc) is 3.06. The molecule has 1 aromatic carbocycles. The minimum absolute atomic E-state index is 0.0378. The molecule has 0 spiro atoms. The van der Waals surface area contributed by atoms with Crippen molar-refractivity contribution in [2.75, 3.05) is 57.7 Å². The van der Waals surface area contributed by atoms with Gasteiger partial charge in [-0.2, -0.15) is 17.0 Å². The standard InChI is InChI=1S/C20H29F2N5O4S/c21-17-6-5-16(13-18(17)22)24-19(28)14-23-20(29)15-25-9-11-27(12-10-25)32(30,31)26-7-3-1-2-4-8-26/h5-6,13H,1-4,7-12,14-15H2,(H,23,29)(H,24,28). The summed E-state index contributed by atoms with van der Waals surface area (Å²) in [6, 6.07) is 2.97. The predicted molar refractivity (Wildman–Crippen MR) is 115 cm³/mol. The summed E-state index contributed by atoms with van der Waals surface area (Å²) in [6.07, 6.45) is 3.85. The van der Waals surface area contributed by atoms with Gasteiger partial charge >= 0.3 is 0 Å². The Labute approximate surface area is 186 Å². The molecule has 2 aliphatic rings. The highest BCUT2D eigenvalue weighted by molar-refractivity contribution is 7.86. The molecule has 1 aromatic rings. The molecule has 2 amide bonds. The van der Waals surface area contributed by atoms with Gasteiger partial charge < -0.3 is 10.6 Å². The van der Waals surface area contributed by atoms with E-state index in [1.807, 2.05) is 4.90 Å². The quantitative estimate of drug-likeness (QED) is 0.609. The summed E-state index contributed by atoms with van der Waals surface area (Å²) in [7, 11) is -3.48. The van der Waals surface area contributed by atoms with Crippen molar-refractivity contribution >= 4 is 27.7 Å². The van der Waals surface area contributed by atoms with Gasteiger partial charge in [0.2, 0.25) is 11.8 Å². The lowest BCUT2D eigenvalue weighted by atomic mass is 10.2. The van der Waals surface area contributed by atoms with Gasteiger partial charge in [0, 0.05) is 51.0 Å². The van der Waals surface area contributed by atoms with E-state index in [2.05, 4.69) is 10.6 Å². The molecule has 2 heterocycles. The molecule has 3 rings (SSSR count). The van der Waals surface area contributed by atoms with E-state index in [9.17, 15) is 26.8 Å². The van der Waals surface area contributed by atoms with Crippen molar-refractivity contribution in [2.45, 2.75) is 25.7 Å². The number of carbonyl (C=O) groups is 2. The smallest absolute Gasteiger partial charge is 0.282 e. The van der Waals surface area contributed by atoms with E-state index in [1.54, 1.807) is 4.31 Å². The Hall–Kier alpha value is -2.15. The number of carbonyl (C=O) groups excluding carboxylic acids is 2. The second-order valence-corrected chi connectivity index (χ2v) is 9.88. The van der Waals surface area contributed by atoms with Crippen LogP contribution in [0, 0.1) is 11.6 Å². The molecule has 9 nitrogen and oxygen atoms in total.